The number of aromatic nitrogens is 1. The molecule has 2 aromatic carbocycles. The Morgan fingerprint density at radius 1 is 1.06 bits per heavy atom. The van der Waals surface area contributed by atoms with Gasteiger partial charge in [-0.05, 0) is 44.3 Å². The fourth-order valence-electron chi connectivity index (χ4n) is 3.80. The minimum absolute atomic E-state index is 0.223. The average Bonchev–Trinajstić information content (AvgIpc) is 3.46. The van der Waals surface area contributed by atoms with Crippen molar-refractivity contribution in [2.45, 2.75) is 20.8 Å². The third-order valence-corrected chi connectivity index (χ3v) is 6.66. The summed E-state index contributed by atoms with van der Waals surface area (Å²) in [4.78, 5) is 22.5. The normalized spacial score (nSPS) is 11.4. The second-order valence-electron chi connectivity index (χ2n) is 7.51. The maximum absolute atomic E-state index is 13.7. The molecule has 0 aliphatic rings. The number of hydrogen-bond acceptors (Lipinski definition) is 7. The summed E-state index contributed by atoms with van der Waals surface area (Å²) in [6.07, 6.45) is 0. The van der Waals surface area contributed by atoms with Crippen LogP contribution in [0.1, 0.15) is 31.3 Å². The molecule has 174 valence electrons. The Hall–Kier alpha value is -3.10. The SMILES string of the molecule is CCOc1cccc2cc(C(=O)N(CCN(CC)CC)c3nc4c(OC)cccc4s3)oc12. The third kappa shape index (κ3) is 4.67. The van der Waals surface area contributed by atoms with Crippen LogP contribution in [0.4, 0.5) is 5.13 Å². The Morgan fingerprint density at radius 3 is 2.55 bits per heavy atom. The van der Waals surface area contributed by atoms with Gasteiger partial charge in [-0.1, -0.05) is 43.4 Å². The van der Waals surface area contributed by atoms with Crippen LogP contribution in [-0.4, -0.2) is 55.7 Å². The van der Waals surface area contributed by atoms with Crippen molar-refractivity contribution >= 4 is 43.6 Å². The molecule has 4 aromatic rings. The van der Waals surface area contributed by atoms with Gasteiger partial charge in [-0.25, -0.2) is 4.98 Å². The fourth-order valence-corrected chi connectivity index (χ4v) is 4.81. The first kappa shape index (κ1) is 23.1. The summed E-state index contributed by atoms with van der Waals surface area (Å²) in [6.45, 7) is 9.73. The Kier molecular flexibility index (Phi) is 7.15. The number of ether oxygens (including phenoxy) is 2. The molecule has 1 amide bonds. The van der Waals surface area contributed by atoms with E-state index in [1.807, 2.05) is 43.3 Å². The van der Waals surface area contributed by atoms with E-state index in [9.17, 15) is 4.79 Å². The van der Waals surface area contributed by atoms with E-state index in [0.29, 0.717) is 35.4 Å². The molecule has 0 aliphatic carbocycles. The number of hydrogen-bond donors (Lipinski definition) is 0. The summed E-state index contributed by atoms with van der Waals surface area (Å²) in [5.41, 5.74) is 1.33. The average molecular weight is 468 g/mol. The number of fused-ring (bicyclic) bond motifs is 2. The van der Waals surface area contributed by atoms with Gasteiger partial charge < -0.3 is 18.8 Å². The highest BCUT2D eigenvalue weighted by atomic mass is 32.1. The molecule has 0 radical (unpaired) electrons. The van der Waals surface area contributed by atoms with Gasteiger partial charge in [0.25, 0.3) is 5.91 Å². The number of methoxy groups -OCH3 is 1. The van der Waals surface area contributed by atoms with E-state index in [1.165, 1.54) is 11.3 Å². The molecule has 0 atom stereocenters. The molecule has 7 nitrogen and oxygen atoms in total. The summed E-state index contributed by atoms with van der Waals surface area (Å²) < 4.78 is 18.1. The first-order valence-electron chi connectivity index (χ1n) is 11.2. The molecule has 0 fully saturated rings. The first-order chi connectivity index (χ1) is 16.1. The maximum atomic E-state index is 13.7. The van der Waals surface area contributed by atoms with E-state index < -0.39 is 0 Å². The van der Waals surface area contributed by atoms with Crippen molar-refractivity contribution in [2.24, 2.45) is 0 Å². The lowest BCUT2D eigenvalue weighted by Crippen LogP contribution is -2.38. The zero-order valence-corrected chi connectivity index (χ0v) is 20.3. The Balaban J connectivity index is 1.74. The molecule has 0 aliphatic heterocycles. The predicted molar refractivity (Wildman–Crippen MR) is 133 cm³/mol. The second-order valence-corrected chi connectivity index (χ2v) is 8.51. The number of furan rings is 1. The molecular formula is C25H29N3O4S. The highest BCUT2D eigenvalue weighted by molar-refractivity contribution is 7.22. The monoisotopic (exact) mass is 467 g/mol. The zero-order valence-electron chi connectivity index (χ0n) is 19.5. The highest BCUT2D eigenvalue weighted by Gasteiger charge is 2.26. The summed E-state index contributed by atoms with van der Waals surface area (Å²) in [5.74, 6) is 1.37. The van der Waals surface area contributed by atoms with E-state index in [1.54, 1.807) is 18.1 Å². The van der Waals surface area contributed by atoms with Crippen LogP contribution < -0.4 is 14.4 Å². The Labute approximate surface area is 197 Å². The van der Waals surface area contributed by atoms with Crippen LogP contribution >= 0.6 is 11.3 Å². The van der Waals surface area contributed by atoms with Crippen LogP contribution in [0, 0.1) is 0 Å². The van der Waals surface area contributed by atoms with Gasteiger partial charge in [0.15, 0.2) is 22.2 Å². The minimum atomic E-state index is -0.223. The molecule has 8 heteroatoms. The molecule has 2 heterocycles. The van der Waals surface area contributed by atoms with Crippen molar-refractivity contribution < 1.29 is 18.7 Å². The number of thiazole rings is 1. The molecule has 0 saturated heterocycles. The van der Waals surface area contributed by atoms with Crippen molar-refractivity contribution in [3.8, 4) is 11.5 Å². The number of carbonyl (C=O) groups is 1. The first-order valence-corrected chi connectivity index (χ1v) is 12.0. The molecule has 2 aromatic heterocycles. The van der Waals surface area contributed by atoms with Crippen molar-refractivity contribution in [3.63, 3.8) is 0 Å². The van der Waals surface area contributed by atoms with Gasteiger partial charge in [0.1, 0.15) is 11.3 Å². The van der Waals surface area contributed by atoms with Gasteiger partial charge in [0.05, 0.1) is 18.4 Å². The van der Waals surface area contributed by atoms with Gasteiger partial charge >= 0.3 is 0 Å². The van der Waals surface area contributed by atoms with E-state index in [-0.39, 0.29) is 11.7 Å². The lowest BCUT2D eigenvalue weighted by molar-refractivity contribution is 0.0959. The number of nitrogens with zero attached hydrogens (tertiary/aromatic N) is 3. The van der Waals surface area contributed by atoms with Crippen molar-refractivity contribution in [1.29, 1.82) is 0 Å². The number of para-hydroxylation sites is 2. The van der Waals surface area contributed by atoms with Crippen LogP contribution in [0.5, 0.6) is 11.5 Å². The lowest BCUT2D eigenvalue weighted by Gasteiger charge is -2.24. The van der Waals surface area contributed by atoms with Crippen LogP contribution in [0.3, 0.4) is 0 Å². The highest BCUT2D eigenvalue weighted by Crippen LogP contribution is 2.35. The summed E-state index contributed by atoms with van der Waals surface area (Å²) >= 11 is 1.47. The summed E-state index contributed by atoms with van der Waals surface area (Å²) in [5, 5.41) is 1.45. The number of rotatable bonds is 10. The van der Waals surface area contributed by atoms with Gasteiger partial charge in [0.2, 0.25) is 0 Å². The number of likely N-dealkylation sites (N-methyl/N-ethyl adjacent to an activating group) is 1. The van der Waals surface area contributed by atoms with Crippen LogP contribution in [0.2, 0.25) is 0 Å². The molecule has 0 bridgehead atoms. The molecule has 0 spiro atoms. The Morgan fingerprint density at radius 2 is 1.82 bits per heavy atom. The molecule has 0 saturated carbocycles. The number of benzene rings is 2. The molecular weight excluding hydrogens is 438 g/mol. The number of amides is 1. The summed E-state index contributed by atoms with van der Waals surface area (Å²) in [7, 11) is 1.63. The number of carbonyl (C=O) groups excluding carboxylic acids is 1. The molecule has 4 rings (SSSR count). The van der Waals surface area contributed by atoms with E-state index >= 15 is 0 Å². The van der Waals surface area contributed by atoms with E-state index in [2.05, 4.69) is 18.7 Å². The third-order valence-electron chi connectivity index (χ3n) is 5.62. The van der Waals surface area contributed by atoms with E-state index in [0.717, 1.165) is 35.2 Å². The minimum Gasteiger partial charge on any atom is -0.494 e. The van der Waals surface area contributed by atoms with Crippen molar-refractivity contribution in [2.75, 3.05) is 44.8 Å². The van der Waals surface area contributed by atoms with Gasteiger partial charge in [-0.15, -0.1) is 0 Å². The smallest absolute Gasteiger partial charge is 0.295 e. The largest absolute Gasteiger partial charge is 0.494 e. The Bertz CT molecular complexity index is 1250. The van der Waals surface area contributed by atoms with Crippen LogP contribution in [0.15, 0.2) is 46.9 Å². The second kappa shape index (κ2) is 10.2. The standard InChI is InChI=1S/C25H29N3O4S/c1-5-27(6-2)14-15-28(25-26-22-18(30-4)11-9-13-21(22)33-25)24(29)20-16-17-10-8-12-19(31-7-3)23(17)32-20/h8-13,16H,5-7,14-15H2,1-4H3. The maximum Gasteiger partial charge on any atom is 0.295 e. The summed E-state index contributed by atoms with van der Waals surface area (Å²) in [6, 6.07) is 13.2. The fraction of sp³-hybridized carbons (Fsp3) is 0.360. The van der Waals surface area contributed by atoms with Gasteiger partial charge in [-0.3, -0.25) is 9.69 Å². The van der Waals surface area contributed by atoms with Gasteiger partial charge in [0, 0.05) is 18.5 Å². The quantitative estimate of drug-likeness (QED) is 0.309. The van der Waals surface area contributed by atoms with Crippen molar-refractivity contribution in [3.05, 3.63) is 48.2 Å². The van der Waals surface area contributed by atoms with Gasteiger partial charge in [-0.2, -0.15) is 0 Å². The van der Waals surface area contributed by atoms with Crippen LogP contribution in [-0.2, 0) is 0 Å². The topological polar surface area (TPSA) is 68.0 Å². The van der Waals surface area contributed by atoms with E-state index in [4.69, 9.17) is 18.9 Å². The number of anilines is 1. The van der Waals surface area contributed by atoms with Crippen molar-refractivity contribution in [1.82, 2.24) is 9.88 Å². The molecule has 33 heavy (non-hydrogen) atoms. The molecule has 0 N–H and O–H groups in total. The predicted octanol–water partition coefficient (Wildman–Crippen LogP) is 5.44. The zero-order chi connectivity index (χ0) is 23.4. The lowest BCUT2D eigenvalue weighted by atomic mass is 10.2. The molecule has 0 unspecified atom stereocenters. The van der Waals surface area contributed by atoms with Crippen LogP contribution in [0.25, 0.3) is 21.2 Å².